The summed E-state index contributed by atoms with van der Waals surface area (Å²) in [5.41, 5.74) is 1.55. The molecule has 1 aromatic heterocycles. The fourth-order valence-electron chi connectivity index (χ4n) is 2.56. The van der Waals surface area contributed by atoms with Crippen molar-refractivity contribution in [2.24, 2.45) is 0 Å². The van der Waals surface area contributed by atoms with Gasteiger partial charge < -0.3 is 15.0 Å². The minimum Gasteiger partial charge on any atom is -0.503 e. The Bertz CT molecular complexity index is 664. The Hall–Kier alpha value is -1.72. The molecule has 1 aromatic carbocycles. The molecule has 5 heteroatoms. The number of hydrogen-bond donors (Lipinski definition) is 3. The van der Waals surface area contributed by atoms with Crippen molar-refractivity contribution in [2.45, 2.75) is 12.3 Å². The second-order valence-electron chi connectivity index (χ2n) is 5.32. The van der Waals surface area contributed by atoms with Gasteiger partial charge in [-0.05, 0) is 17.4 Å². The number of rotatable bonds is 4. The molecule has 3 rings (SSSR count). The average Bonchev–Trinajstić information content (AvgIpc) is 3.01. The predicted molar refractivity (Wildman–Crippen MR) is 88.3 cm³/mol. The quantitative estimate of drug-likeness (QED) is 0.753. The third-order valence-corrected chi connectivity index (χ3v) is 6.07. The zero-order valence-electron chi connectivity index (χ0n) is 11.8. The third-order valence-electron chi connectivity index (χ3n) is 3.75. The van der Waals surface area contributed by atoms with Crippen LogP contribution in [0.25, 0.3) is 0 Å². The van der Waals surface area contributed by atoms with E-state index in [4.69, 9.17) is 0 Å². The van der Waals surface area contributed by atoms with E-state index >= 15 is 0 Å². The number of aromatic nitrogens is 1. The molecule has 0 saturated carbocycles. The van der Waals surface area contributed by atoms with Crippen LogP contribution in [0.5, 0.6) is 5.75 Å². The topological polar surface area (TPSA) is 54.3 Å². The van der Waals surface area contributed by atoms with Crippen molar-refractivity contribution in [1.29, 1.82) is 0 Å². The summed E-state index contributed by atoms with van der Waals surface area (Å²) < 4.78 is 1.56. The molecule has 1 aliphatic heterocycles. The Morgan fingerprint density at radius 2 is 2.05 bits per heavy atom. The van der Waals surface area contributed by atoms with E-state index in [1.807, 2.05) is 36.4 Å². The van der Waals surface area contributed by atoms with Gasteiger partial charge in [0.1, 0.15) is 0 Å². The van der Waals surface area contributed by atoms with Gasteiger partial charge in [0.25, 0.3) is 5.56 Å². The Labute approximate surface area is 126 Å². The zero-order chi connectivity index (χ0) is 14.7. The minimum absolute atomic E-state index is 0.0807. The minimum atomic E-state index is -0.293. The van der Waals surface area contributed by atoms with E-state index in [0.717, 1.165) is 29.3 Å². The molecule has 2 aromatic rings. The van der Waals surface area contributed by atoms with Crippen LogP contribution >= 0.6 is 10.9 Å². The lowest BCUT2D eigenvalue weighted by atomic mass is 10.2. The first kappa shape index (κ1) is 14.2. The largest absolute Gasteiger partial charge is 0.503 e. The van der Waals surface area contributed by atoms with Gasteiger partial charge >= 0.3 is 0 Å². The molecule has 21 heavy (non-hydrogen) atoms. The lowest BCUT2D eigenvalue weighted by Crippen LogP contribution is -2.20. The summed E-state index contributed by atoms with van der Waals surface area (Å²) in [6, 6.07) is 11.7. The molecule has 1 aliphatic rings. The van der Waals surface area contributed by atoms with Crippen LogP contribution in [-0.4, -0.2) is 27.8 Å². The number of pyridine rings is 1. The molecule has 0 spiro atoms. The van der Waals surface area contributed by atoms with Gasteiger partial charge in [-0.2, -0.15) is 0 Å². The molecule has 0 aliphatic carbocycles. The van der Waals surface area contributed by atoms with Crippen molar-refractivity contribution in [2.75, 3.05) is 18.2 Å². The standard InChI is InChI=1S/C16H20N2O2S/c19-15-14(11-21-9-7-17-12-21)6-8-18(16(15)20)10-13-4-2-1-3-5-13/h1-6,8,17,19,21H,7,9-12H2. The molecule has 1 atom stereocenters. The smallest absolute Gasteiger partial charge is 0.293 e. The van der Waals surface area contributed by atoms with Crippen molar-refractivity contribution in [3.63, 3.8) is 0 Å². The van der Waals surface area contributed by atoms with Gasteiger partial charge in [-0.25, -0.2) is 10.9 Å². The van der Waals surface area contributed by atoms with E-state index in [1.54, 1.807) is 10.8 Å². The maximum absolute atomic E-state index is 12.3. The number of benzene rings is 1. The van der Waals surface area contributed by atoms with Gasteiger partial charge in [0.15, 0.2) is 5.75 Å². The number of nitrogens with zero attached hydrogens (tertiary/aromatic N) is 1. The van der Waals surface area contributed by atoms with Crippen molar-refractivity contribution in [1.82, 2.24) is 9.88 Å². The highest BCUT2D eigenvalue weighted by molar-refractivity contribution is 8.16. The van der Waals surface area contributed by atoms with Crippen molar-refractivity contribution in [3.05, 3.63) is 64.1 Å². The third kappa shape index (κ3) is 3.31. The van der Waals surface area contributed by atoms with Gasteiger partial charge in [0, 0.05) is 29.9 Å². The fourth-order valence-corrected chi connectivity index (χ4v) is 4.68. The molecule has 2 N–H and O–H groups in total. The van der Waals surface area contributed by atoms with Crippen LogP contribution < -0.4 is 10.9 Å². The summed E-state index contributed by atoms with van der Waals surface area (Å²) in [6.45, 7) is 1.54. The second-order valence-corrected chi connectivity index (χ2v) is 7.74. The summed E-state index contributed by atoms with van der Waals surface area (Å²) >= 11 is 0. The maximum atomic E-state index is 12.3. The monoisotopic (exact) mass is 304 g/mol. The summed E-state index contributed by atoms with van der Waals surface area (Å²) in [5.74, 6) is 2.95. The summed E-state index contributed by atoms with van der Waals surface area (Å²) in [6.07, 6.45) is 1.79. The second kappa shape index (κ2) is 6.37. The van der Waals surface area contributed by atoms with Gasteiger partial charge in [-0.3, -0.25) is 4.79 Å². The Kier molecular flexibility index (Phi) is 4.31. The lowest BCUT2D eigenvalue weighted by Gasteiger charge is -2.15. The maximum Gasteiger partial charge on any atom is 0.293 e. The van der Waals surface area contributed by atoms with E-state index in [0.29, 0.717) is 6.54 Å². The Morgan fingerprint density at radius 1 is 1.24 bits per heavy atom. The SMILES string of the molecule is O=c1c(O)c(C[SH]2CCNC2)ccn1Cc1ccccc1. The van der Waals surface area contributed by atoms with Crippen LogP contribution in [0.15, 0.2) is 47.4 Å². The number of nitrogens with one attached hydrogen (secondary N) is 1. The molecule has 112 valence electrons. The fraction of sp³-hybridized carbons (Fsp3) is 0.312. The highest BCUT2D eigenvalue weighted by atomic mass is 32.2. The molecule has 0 radical (unpaired) electrons. The van der Waals surface area contributed by atoms with Crippen LogP contribution in [0.4, 0.5) is 0 Å². The Morgan fingerprint density at radius 3 is 2.76 bits per heavy atom. The summed E-state index contributed by atoms with van der Waals surface area (Å²) in [4.78, 5) is 12.3. The molecule has 1 saturated heterocycles. The first-order valence-corrected chi connectivity index (χ1v) is 9.02. The summed E-state index contributed by atoms with van der Waals surface area (Å²) in [5, 5.41) is 13.5. The van der Waals surface area contributed by atoms with Crippen LogP contribution in [0, 0.1) is 0 Å². The average molecular weight is 304 g/mol. The van der Waals surface area contributed by atoms with Gasteiger partial charge in [0.2, 0.25) is 0 Å². The lowest BCUT2D eigenvalue weighted by molar-refractivity contribution is 0.454. The van der Waals surface area contributed by atoms with Crippen molar-refractivity contribution in [3.8, 4) is 5.75 Å². The molecular weight excluding hydrogens is 284 g/mol. The molecule has 1 fully saturated rings. The zero-order valence-corrected chi connectivity index (χ0v) is 12.7. The van der Waals surface area contributed by atoms with Crippen molar-refractivity contribution >= 4 is 10.9 Å². The first-order valence-electron chi connectivity index (χ1n) is 7.12. The molecule has 2 heterocycles. The predicted octanol–water partition coefficient (Wildman–Crippen LogP) is 1.66. The number of aromatic hydroxyl groups is 1. The number of hydrogen-bond acceptors (Lipinski definition) is 3. The van der Waals surface area contributed by atoms with Gasteiger partial charge in [-0.15, -0.1) is 0 Å². The molecular formula is C16H20N2O2S. The Balaban J connectivity index is 1.81. The van der Waals surface area contributed by atoms with Gasteiger partial charge in [-0.1, -0.05) is 30.3 Å². The molecule has 0 bridgehead atoms. The highest BCUT2D eigenvalue weighted by Gasteiger charge is 2.15. The van der Waals surface area contributed by atoms with Crippen molar-refractivity contribution < 1.29 is 5.11 Å². The van der Waals surface area contributed by atoms with Crippen LogP contribution in [0.1, 0.15) is 11.1 Å². The van der Waals surface area contributed by atoms with Crippen LogP contribution in [0.2, 0.25) is 0 Å². The van der Waals surface area contributed by atoms with E-state index in [2.05, 4.69) is 5.32 Å². The van der Waals surface area contributed by atoms with E-state index in [-0.39, 0.29) is 22.2 Å². The normalized spacial score (nSPS) is 19.7. The first-order chi connectivity index (χ1) is 10.2. The highest BCUT2D eigenvalue weighted by Crippen LogP contribution is 2.33. The molecule has 1 unspecified atom stereocenters. The molecule has 4 nitrogen and oxygen atoms in total. The van der Waals surface area contributed by atoms with Crippen LogP contribution in [0.3, 0.4) is 0 Å². The number of thiol groups is 1. The van der Waals surface area contributed by atoms with E-state index in [9.17, 15) is 9.90 Å². The van der Waals surface area contributed by atoms with E-state index < -0.39 is 0 Å². The molecule has 0 amide bonds. The van der Waals surface area contributed by atoms with Crippen LogP contribution in [-0.2, 0) is 12.3 Å². The van der Waals surface area contributed by atoms with E-state index in [1.165, 1.54) is 5.75 Å². The van der Waals surface area contributed by atoms with Gasteiger partial charge in [0.05, 0.1) is 6.54 Å². The summed E-state index contributed by atoms with van der Waals surface area (Å²) in [7, 11) is -0.127.